The molecule has 172 valence electrons. The highest BCUT2D eigenvalue weighted by Gasteiger charge is 2.63. The van der Waals surface area contributed by atoms with Gasteiger partial charge in [0.05, 0.1) is 34.4 Å². The van der Waals surface area contributed by atoms with Gasteiger partial charge in [-0.25, -0.2) is 9.28 Å². The molecule has 1 fully saturated rings. The van der Waals surface area contributed by atoms with Gasteiger partial charge in [0.1, 0.15) is 5.97 Å². The van der Waals surface area contributed by atoms with E-state index in [0.29, 0.717) is 18.6 Å². The maximum absolute atomic E-state index is 13.7. The third-order valence-electron chi connectivity index (χ3n) is 6.91. The minimum atomic E-state index is -1.75. The van der Waals surface area contributed by atoms with E-state index < -0.39 is 33.1 Å². The number of hydrogen-bond acceptors (Lipinski definition) is 7. The lowest BCUT2D eigenvalue weighted by molar-refractivity contribution is -0.889. The summed E-state index contributed by atoms with van der Waals surface area (Å²) in [7, 11) is 4.31. The van der Waals surface area contributed by atoms with Crippen molar-refractivity contribution in [1.29, 1.82) is 0 Å². The number of Topliss-reactive ketones (excluding diaryl/α,β-unsaturated/α-hetero) is 1. The summed E-state index contributed by atoms with van der Waals surface area (Å²) in [5, 5.41) is 12.8. The Labute approximate surface area is 183 Å². The van der Waals surface area contributed by atoms with Gasteiger partial charge in [0, 0.05) is 23.8 Å². The fraction of sp³-hybridized carbons (Fsp3) is 0.609. The van der Waals surface area contributed by atoms with Crippen LogP contribution in [0, 0.1) is 5.41 Å². The van der Waals surface area contributed by atoms with Crippen LogP contribution in [0.2, 0.25) is 0 Å². The summed E-state index contributed by atoms with van der Waals surface area (Å²) in [6, 6.07) is 3.07. The number of carboxylic acids is 1. The third-order valence-corrected chi connectivity index (χ3v) is 6.91. The van der Waals surface area contributed by atoms with Crippen LogP contribution >= 0.6 is 0 Å². The maximum Gasteiger partial charge on any atom is 0.383 e. The molecule has 1 aromatic carbocycles. The van der Waals surface area contributed by atoms with Gasteiger partial charge in [-0.1, -0.05) is 20.8 Å². The molecule has 0 aliphatic carbocycles. The molecule has 0 spiro atoms. The standard InChI is InChI=1S/C23H33NO7/c1-8-22(3,4)19(25)20(26)24(9-2)12-10-11-23(24,21(27)28)15-13-16(29-5)18(31-7)17(14-15)30-6/h13-14H,8-12H2,1-7H3/t23-,24?/m0/s1. The first-order valence-corrected chi connectivity index (χ1v) is 10.5. The Balaban J connectivity index is 2.84. The van der Waals surface area contributed by atoms with Gasteiger partial charge < -0.3 is 24.1 Å². The van der Waals surface area contributed by atoms with Crippen LogP contribution < -0.4 is 19.3 Å². The number of carbonyl (C=O) groups is 3. The van der Waals surface area contributed by atoms with Crippen LogP contribution in [0.3, 0.4) is 0 Å². The van der Waals surface area contributed by atoms with Crippen molar-refractivity contribution in [2.45, 2.75) is 52.5 Å². The lowest BCUT2D eigenvalue weighted by Crippen LogP contribution is -2.70. The summed E-state index contributed by atoms with van der Waals surface area (Å²) in [6.45, 7) is 7.33. The molecule has 0 saturated carbocycles. The molecule has 0 N–H and O–H groups in total. The van der Waals surface area contributed by atoms with E-state index in [9.17, 15) is 19.5 Å². The van der Waals surface area contributed by atoms with Crippen molar-refractivity contribution in [3.05, 3.63) is 17.7 Å². The average molecular weight is 436 g/mol. The smallest absolute Gasteiger partial charge is 0.383 e. The molecule has 31 heavy (non-hydrogen) atoms. The summed E-state index contributed by atoms with van der Waals surface area (Å²) in [6.07, 6.45) is 1.06. The Bertz CT molecular complexity index is 854. The van der Waals surface area contributed by atoms with E-state index in [1.54, 1.807) is 20.8 Å². The molecule has 1 amide bonds. The number of carboxylic acid groups (broad SMARTS) is 1. The van der Waals surface area contributed by atoms with E-state index in [1.165, 1.54) is 33.5 Å². The van der Waals surface area contributed by atoms with Gasteiger partial charge in [-0.2, -0.15) is 0 Å². The highest BCUT2D eigenvalue weighted by Crippen LogP contribution is 2.50. The minimum absolute atomic E-state index is 0.134. The molecule has 8 heteroatoms. The highest BCUT2D eigenvalue weighted by atomic mass is 16.5. The molecule has 0 radical (unpaired) electrons. The van der Waals surface area contributed by atoms with Crippen molar-refractivity contribution < 1.29 is 38.2 Å². The number of benzene rings is 1. The minimum Gasteiger partial charge on any atom is -0.543 e. The van der Waals surface area contributed by atoms with Gasteiger partial charge in [-0.15, -0.1) is 0 Å². The second-order valence-electron chi connectivity index (χ2n) is 8.54. The average Bonchev–Trinajstić information content (AvgIpc) is 3.18. The number of hydrogen-bond donors (Lipinski definition) is 0. The molecule has 0 bridgehead atoms. The summed E-state index contributed by atoms with van der Waals surface area (Å²) in [5.41, 5.74) is -2.36. The number of rotatable bonds is 9. The normalized spacial score (nSPS) is 23.3. The molecule has 1 aromatic rings. The van der Waals surface area contributed by atoms with Crippen LogP contribution in [0.1, 0.15) is 52.5 Å². The van der Waals surface area contributed by atoms with Crippen molar-refractivity contribution in [2.75, 3.05) is 34.4 Å². The van der Waals surface area contributed by atoms with Gasteiger partial charge in [0.15, 0.2) is 17.0 Å². The molecule has 8 nitrogen and oxygen atoms in total. The SMILES string of the molecule is CCC(C)(C)C(=O)C(=O)[N+]1(CC)CCC[C@@]1(C(=O)[O-])c1cc(OC)c(OC)c(OC)c1. The fourth-order valence-electron chi connectivity index (χ4n) is 4.61. The predicted molar refractivity (Wildman–Crippen MR) is 112 cm³/mol. The van der Waals surface area contributed by atoms with E-state index in [1.807, 2.05) is 6.92 Å². The van der Waals surface area contributed by atoms with Gasteiger partial charge >= 0.3 is 5.91 Å². The van der Waals surface area contributed by atoms with Crippen LogP contribution in [-0.2, 0) is 19.9 Å². The van der Waals surface area contributed by atoms with Crippen molar-refractivity contribution in [2.24, 2.45) is 5.41 Å². The Morgan fingerprint density at radius 3 is 2.00 bits per heavy atom. The molecule has 1 aliphatic rings. The summed E-state index contributed by atoms with van der Waals surface area (Å²) >= 11 is 0. The number of carbonyl (C=O) groups excluding carboxylic acids is 3. The quantitative estimate of drug-likeness (QED) is 0.431. The number of ether oxygens (including phenoxy) is 3. The summed E-state index contributed by atoms with van der Waals surface area (Å²) in [4.78, 5) is 39.7. The summed E-state index contributed by atoms with van der Waals surface area (Å²) < 4.78 is 15.6. The zero-order chi connectivity index (χ0) is 23.6. The lowest BCUT2D eigenvalue weighted by Gasteiger charge is -2.47. The van der Waals surface area contributed by atoms with Crippen molar-refractivity contribution in [1.82, 2.24) is 0 Å². The molecule has 1 unspecified atom stereocenters. The van der Waals surface area contributed by atoms with E-state index >= 15 is 0 Å². The van der Waals surface area contributed by atoms with Crippen LogP contribution in [0.25, 0.3) is 0 Å². The first-order valence-electron chi connectivity index (χ1n) is 10.5. The number of aliphatic carboxylic acids is 1. The van der Waals surface area contributed by atoms with Gasteiger partial charge in [-0.05, 0) is 25.5 Å². The summed E-state index contributed by atoms with van der Waals surface area (Å²) in [5.74, 6) is -1.83. The molecule has 0 aromatic heterocycles. The maximum atomic E-state index is 13.7. The Hall–Kier alpha value is -2.61. The molecule has 1 heterocycles. The molecule has 2 rings (SSSR count). The van der Waals surface area contributed by atoms with Crippen LogP contribution in [0.15, 0.2) is 12.1 Å². The van der Waals surface area contributed by atoms with Gasteiger partial charge in [0.25, 0.3) is 5.78 Å². The molecule has 2 atom stereocenters. The fourth-order valence-corrected chi connectivity index (χ4v) is 4.61. The molecular formula is C23H33NO7. The topological polar surface area (TPSA) is 102 Å². The first-order chi connectivity index (χ1) is 14.5. The number of amides is 1. The Kier molecular flexibility index (Phi) is 7.05. The van der Waals surface area contributed by atoms with Crippen molar-refractivity contribution >= 4 is 17.7 Å². The number of likely N-dealkylation sites (N-methyl/N-ethyl adjacent to an activating group) is 1. The van der Waals surface area contributed by atoms with E-state index in [0.717, 1.165) is 0 Å². The first kappa shape index (κ1) is 24.7. The number of likely N-dealkylation sites (tertiary alicyclic amines) is 1. The predicted octanol–water partition coefficient (Wildman–Crippen LogP) is 1.82. The highest BCUT2D eigenvalue weighted by molar-refractivity contribution is 6.35. The number of ketones is 1. The van der Waals surface area contributed by atoms with E-state index in [4.69, 9.17) is 14.2 Å². The molecule has 1 aliphatic heterocycles. The van der Waals surface area contributed by atoms with Crippen LogP contribution in [0.4, 0.5) is 0 Å². The third kappa shape index (κ3) is 3.56. The number of nitrogens with zero attached hydrogens (tertiary/aromatic N) is 1. The monoisotopic (exact) mass is 435 g/mol. The van der Waals surface area contributed by atoms with Crippen molar-refractivity contribution in [3.8, 4) is 17.2 Å². The molecular weight excluding hydrogens is 402 g/mol. The zero-order valence-electron chi connectivity index (χ0n) is 19.5. The van der Waals surface area contributed by atoms with E-state index in [2.05, 4.69) is 0 Å². The second kappa shape index (κ2) is 8.86. The number of methoxy groups -OCH3 is 3. The van der Waals surface area contributed by atoms with E-state index in [-0.39, 0.29) is 36.6 Å². The molecule has 1 saturated heterocycles. The van der Waals surface area contributed by atoms with Crippen molar-refractivity contribution in [3.63, 3.8) is 0 Å². The lowest BCUT2D eigenvalue weighted by atomic mass is 9.80. The second-order valence-corrected chi connectivity index (χ2v) is 8.54. The Morgan fingerprint density at radius 2 is 1.61 bits per heavy atom. The van der Waals surface area contributed by atoms with Crippen LogP contribution in [-0.4, -0.2) is 56.6 Å². The largest absolute Gasteiger partial charge is 0.543 e. The van der Waals surface area contributed by atoms with Gasteiger partial charge in [0.2, 0.25) is 5.75 Å². The zero-order valence-corrected chi connectivity index (χ0v) is 19.5. The Morgan fingerprint density at radius 1 is 1.06 bits per heavy atom. The number of quaternary nitrogens is 1. The van der Waals surface area contributed by atoms with Crippen LogP contribution in [0.5, 0.6) is 17.2 Å². The van der Waals surface area contributed by atoms with Gasteiger partial charge in [-0.3, -0.25) is 4.79 Å².